The molecule has 5 rings (SSSR count). The first-order valence-electron chi connectivity index (χ1n) is 9.81. The van der Waals surface area contributed by atoms with Crippen LogP contribution in [0.5, 0.6) is 5.75 Å². The van der Waals surface area contributed by atoms with Crippen LogP contribution in [-0.4, -0.2) is 25.7 Å². The molecule has 4 heterocycles. The van der Waals surface area contributed by atoms with Crippen molar-refractivity contribution >= 4 is 16.9 Å². The zero-order valence-electron chi connectivity index (χ0n) is 16.4. The highest BCUT2D eigenvalue weighted by Gasteiger charge is 2.46. The lowest BCUT2D eigenvalue weighted by molar-refractivity contribution is -0.171. The Morgan fingerprint density at radius 2 is 2.10 bits per heavy atom. The number of phenolic OH excluding ortho intramolecular Hbond substituents is 1. The molecular weight excluding hydrogens is 384 g/mol. The maximum atomic E-state index is 13.3. The number of carbonyl (C=O) groups excluding carboxylic acids is 1. The molecule has 7 nitrogen and oxygen atoms in total. The van der Waals surface area contributed by atoms with E-state index in [0.717, 1.165) is 16.5 Å². The fraction of sp³-hybridized carbons (Fsp3) is 0.261. The molecule has 0 amide bonds. The number of phenols is 1. The minimum absolute atomic E-state index is 0.0563. The summed E-state index contributed by atoms with van der Waals surface area (Å²) in [6, 6.07) is 6.70. The molecule has 0 saturated heterocycles. The fourth-order valence-electron chi connectivity index (χ4n) is 4.62. The van der Waals surface area contributed by atoms with Crippen molar-refractivity contribution in [3.05, 3.63) is 69.5 Å². The van der Waals surface area contributed by atoms with Gasteiger partial charge in [-0.2, -0.15) is 0 Å². The molecule has 0 radical (unpaired) electrons. The molecule has 0 saturated carbocycles. The standard InChI is InChI=1S/C23H20N2O5/c1-3-7-23(29)17-9-19-20-15(10-25(19)21(27)16(17)11-30-22(23)28)13(4-2)14-8-12(26)5-6-18(14)24-20/h3,5-6,8-9,26,29H,1,4,7,10-11H2,2H3/t23-/m1/s1. The highest BCUT2D eigenvalue weighted by molar-refractivity contribution is 5.89. The summed E-state index contributed by atoms with van der Waals surface area (Å²) < 4.78 is 6.73. The van der Waals surface area contributed by atoms with E-state index in [9.17, 15) is 19.8 Å². The number of hydrogen-bond donors (Lipinski definition) is 2. The Hall–Kier alpha value is -3.45. The molecule has 2 aliphatic rings. The van der Waals surface area contributed by atoms with E-state index in [0.29, 0.717) is 29.9 Å². The molecule has 3 aromatic rings. The third-order valence-corrected chi connectivity index (χ3v) is 6.07. The van der Waals surface area contributed by atoms with Crippen LogP contribution in [0.15, 0.2) is 41.7 Å². The molecule has 1 atom stereocenters. The van der Waals surface area contributed by atoms with Crippen molar-refractivity contribution in [2.75, 3.05) is 0 Å². The van der Waals surface area contributed by atoms with Gasteiger partial charge in [-0.15, -0.1) is 6.58 Å². The van der Waals surface area contributed by atoms with Crippen molar-refractivity contribution in [1.29, 1.82) is 0 Å². The van der Waals surface area contributed by atoms with Crippen molar-refractivity contribution in [1.82, 2.24) is 9.55 Å². The summed E-state index contributed by atoms with van der Waals surface area (Å²) in [7, 11) is 0. The summed E-state index contributed by atoms with van der Waals surface area (Å²) in [5.41, 5.74) is 2.15. The number of esters is 1. The number of aromatic nitrogens is 2. The second kappa shape index (κ2) is 6.27. The topological polar surface area (TPSA) is 102 Å². The summed E-state index contributed by atoms with van der Waals surface area (Å²) in [6.45, 7) is 5.80. The van der Waals surface area contributed by atoms with E-state index >= 15 is 0 Å². The van der Waals surface area contributed by atoms with Crippen LogP contribution in [0.2, 0.25) is 0 Å². The Morgan fingerprint density at radius 3 is 2.83 bits per heavy atom. The van der Waals surface area contributed by atoms with Crippen molar-refractivity contribution < 1.29 is 19.7 Å². The number of pyridine rings is 2. The van der Waals surface area contributed by atoms with Gasteiger partial charge in [0, 0.05) is 22.9 Å². The molecule has 152 valence electrons. The van der Waals surface area contributed by atoms with Crippen molar-refractivity contribution in [3.63, 3.8) is 0 Å². The highest BCUT2D eigenvalue weighted by Crippen LogP contribution is 2.40. The van der Waals surface area contributed by atoms with Crippen LogP contribution in [0.1, 0.15) is 35.6 Å². The second-order valence-corrected chi connectivity index (χ2v) is 7.71. The quantitative estimate of drug-likeness (QED) is 0.402. The molecule has 0 unspecified atom stereocenters. The molecule has 2 N–H and O–H groups in total. The Balaban J connectivity index is 1.82. The molecule has 1 aromatic carbocycles. The van der Waals surface area contributed by atoms with E-state index in [1.807, 2.05) is 6.92 Å². The maximum Gasteiger partial charge on any atom is 0.343 e. The van der Waals surface area contributed by atoms with Gasteiger partial charge in [-0.05, 0) is 36.2 Å². The molecule has 30 heavy (non-hydrogen) atoms. The van der Waals surface area contributed by atoms with Crippen molar-refractivity contribution in [2.45, 2.75) is 38.5 Å². The Labute approximate surface area is 171 Å². The first kappa shape index (κ1) is 18.6. The molecule has 2 aliphatic heterocycles. The number of hydrogen-bond acceptors (Lipinski definition) is 6. The third kappa shape index (κ3) is 2.32. The molecule has 0 spiro atoms. The normalized spacial score (nSPS) is 19.2. The predicted octanol–water partition coefficient (Wildman–Crippen LogP) is 2.51. The number of fused-ring (bicyclic) bond motifs is 5. The smallest absolute Gasteiger partial charge is 0.343 e. The zero-order chi connectivity index (χ0) is 21.2. The molecule has 7 heteroatoms. The van der Waals surface area contributed by atoms with E-state index < -0.39 is 11.6 Å². The van der Waals surface area contributed by atoms with Gasteiger partial charge in [0.05, 0.1) is 29.0 Å². The number of benzene rings is 1. The average Bonchev–Trinajstić information content (AvgIpc) is 3.09. The summed E-state index contributed by atoms with van der Waals surface area (Å²) in [5, 5.41) is 21.8. The van der Waals surface area contributed by atoms with Crippen molar-refractivity contribution in [3.8, 4) is 17.1 Å². The van der Waals surface area contributed by atoms with Gasteiger partial charge in [-0.1, -0.05) is 13.0 Å². The van der Waals surface area contributed by atoms with Gasteiger partial charge in [0.25, 0.3) is 5.56 Å². The largest absolute Gasteiger partial charge is 0.508 e. The lowest BCUT2D eigenvalue weighted by Crippen LogP contribution is -2.44. The first-order valence-corrected chi connectivity index (χ1v) is 9.81. The summed E-state index contributed by atoms with van der Waals surface area (Å²) >= 11 is 0. The second-order valence-electron chi connectivity index (χ2n) is 7.71. The summed E-state index contributed by atoms with van der Waals surface area (Å²) in [5.74, 6) is -0.624. The average molecular weight is 404 g/mol. The Morgan fingerprint density at radius 1 is 1.30 bits per heavy atom. The van der Waals surface area contributed by atoms with Gasteiger partial charge >= 0.3 is 5.97 Å². The molecule has 0 bridgehead atoms. The van der Waals surface area contributed by atoms with Gasteiger partial charge < -0.3 is 19.5 Å². The SMILES string of the molecule is C=CC[C@]1(O)C(=O)OCc2c1cc1n(c2=O)Cc2c-1nc1ccc(O)cc1c2CC. The molecule has 0 aliphatic carbocycles. The maximum absolute atomic E-state index is 13.3. The van der Waals surface area contributed by atoms with E-state index in [1.54, 1.807) is 28.8 Å². The van der Waals surface area contributed by atoms with E-state index in [2.05, 4.69) is 6.58 Å². The summed E-state index contributed by atoms with van der Waals surface area (Å²) in [6.07, 6.45) is 2.08. The van der Waals surface area contributed by atoms with E-state index in [4.69, 9.17) is 9.72 Å². The zero-order valence-corrected chi connectivity index (χ0v) is 16.4. The van der Waals surface area contributed by atoms with Crippen LogP contribution >= 0.6 is 0 Å². The minimum atomic E-state index is -1.94. The minimum Gasteiger partial charge on any atom is -0.508 e. The van der Waals surface area contributed by atoms with E-state index in [1.165, 1.54) is 6.08 Å². The number of rotatable bonds is 3. The number of aliphatic hydroxyl groups is 1. The fourth-order valence-corrected chi connectivity index (χ4v) is 4.62. The van der Waals surface area contributed by atoms with Gasteiger partial charge in [-0.25, -0.2) is 9.78 Å². The van der Waals surface area contributed by atoms with Crippen LogP contribution < -0.4 is 5.56 Å². The van der Waals surface area contributed by atoms with Crippen LogP contribution in [0.3, 0.4) is 0 Å². The lowest BCUT2D eigenvalue weighted by atomic mass is 9.85. The first-order chi connectivity index (χ1) is 14.4. The third-order valence-electron chi connectivity index (χ3n) is 6.07. The van der Waals surface area contributed by atoms with Gasteiger partial charge in [-0.3, -0.25) is 4.79 Å². The molecule has 2 aromatic heterocycles. The number of nitrogens with zero attached hydrogens (tertiary/aromatic N) is 2. The monoisotopic (exact) mass is 404 g/mol. The van der Waals surface area contributed by atoms with Crippen LogP contribution in [0, 0.1) is 0 Å². The van der Waals surface area contributed by atoms with Crippen LogP contribution in [-0.2, 0) is 34.7 Å². The predicted molar refractivity (Wildman–Crippen MR) is 110 cm³/mol. The van der Waals surface area contributed by atoms with E-state index in [-0.39, 0.29) is 35.5 Å². The van der Waals surface area contributed by atoms with Gasteiger partial charge in [0.2, 0.25) is 0 Å². The molecule has 0 fully saturated rings. The number of carbonyl (C=O) groups is 1. The highest BCUT2D eigenvalue weighted by atomic mass is 16.6. The number of aryl methyl sites for hydroxylation is 1. The Bertz CT molecular complexity index is 1320. The summed E-state index contributed by atoms with van der Waals surface area (Å²) in [4.78, 5) is 30.4. The van der Waals surface area contributed by atoms with Gasteiger partial charge in [0.1, 0.15) is 12.4 Å². The van der Waals surface area contributed by atoms with Crippen molar-refractivity contribution in [2.24, 2.45) is 0 Å². The van der Waals surface area contributed by atoms with Crippen LogP contribution in [0.25, 0.3) is 22.3 Å². The number of aromatic hydroxyl groups is 1. The number of cyclic esters (lactones) is 1. The number of ether oxygens (including phenoxy) is 1. The Kier molecular flexibility index (Phi) is 3.88. The van der Waals surface area contributed by atoms with Crippen LogP contribution in [0.4, 0.5) is 0 Å². The lowest BCUT2D eigenvalue weighted by Gasteiger charge is -2.31. The van der Waals surface area contributed by atoms with Gasteiger partial charge in [0.15, 0.2) is 5.60 Å². The molecular formula is C23H20N2O5.